The lowest BCUT2D eigenvalue weighted by Gasteiger charge is -2.16. The van der Waals surface area contributed by atoms with E-state index in [2.05, 4.69) is 51.1 Å². The van der Waals surface area contributed by atoms with Crippen molar-refractivity contribution in [2.75, 3.05) is 0 Å². The Kier molecular flexibility index (Phi) is 5.94. The maximum Gasteiger partial charge on any atom is 0.0329 e. The Balaban J connectivity index is 4.32. The smallest absolute Gasteiger partial charge is 0.0329 e. The maximum atomic E-state index is 4.09. The monoisotopic (exact) mass is 220 g/mol. The molecule has 90 valence electrons. The van der Waals surface area contributed by atoms with Crippen molar-refractivity contribution in [1.82, 2.24) is 0 Å². The van der Waals surface area contributed by atoms with Crippen LogP contribution in [0.15, 0.2) is 35.5 Å². The van der Waals surface area contributed by atoms with Gasteiger partial charge in [-0.3, -0.25) is 0 Å². The zero-order valence-corrected chi connectivity index (χ0v) is 11.0. The number of allylic oxidation sites excluding steroid dienone is 2. The van der Waals surface area contributed by atoms with Gasteiger partial charge in [0.05, 0.1) is 0 Å². The third-order valence-electron chi connectivity index (χ3n) is 2.22. The molecular weight excluding hydrogens is 196 g/mol. The van der Waals surface area contributed by atoms with Gasteiger partial charge < -0.3 is 0 Å². The van der Waals surface area contributed by atoms with E-state index in [1.807, 2.05) is 24.6 Å². The summed E-state index contributed by atoms with van der Waals surface area (Å²) < 4.78 is 0. The van der Waals surface area contributed by atoms with Gasteiger partial charge in [-0.25, -0.2) is 0 Å². The van der Waals surface area contributed by atoms with Gasteiger partial charge in [-0.1, -0.05) is 39.8 Å². The third kappa shape index (κ3) is 7.16. The number of nitrogens with zero attached hydrogens (tertiary/aromatic N) is 2. The zero-order valence-electron chi connectivity index (χ0n) is 11.0. The fourth-order valence-corrected chi connectivity index (χ4v) is 1.23. The van der Waals surface area contributed by atoms with E-state index in [1.165, 1.54) is 0 Å². The standard InChI is InChI=1S/C14H24N2/c1-7-9-13(3,4)11-15-16-12-14(5,6)10-8-2/h7-8,11-12H,1-2,9-10H2,3-6H3. The van der Waals surface area contributed by atoms with Gasteiger partial charge in [0, 0.05) is 23.3 Å². The summed E-state index contributed by atoms with van der Waals surface area (Å²) in [5.41, 5.74) is 0.0589. The zero-order chi connectivity index (χ0) is 12.7. The number of rotatable bonds is 7. The molecule has 0 aliphatic heterocycles. The first-order chi connectivity index (χ1) is 7.33. The van der Waals surface area contributed by atoms with Crippen LogP contribution in [0.1, 0.15) is 40.5 Å². The molecule has 0 heterocycles. The topological polar surface area (TPSA) is 24.7 Å². The fourth-order valence-electron chi connectivity index (χ4n) is 1.23. The average molecular weight is 220 g/mol. The van der Waals surface area contributed by atoms with Crippen LogP contribution in [-0.4, -0.2) is 12.4 Å². The first kappa shape index (κ1) is 14.8. The fraction of sp³-hybridized carbons (Fsp3) is 0.571. The van der Waals surface area contributed by atoms with Crippen LogP contribution < -0.4 is 0 Å². The summed E-state index contributed by atoms with van der Waals surface area (Å²) >= 11 is 0. The second-order valence-corrected chi connectivity index (χ2v) is 5.45. The highest BCUT2D eigenvalue weighted by Gasteiger charge is 2.13. The quantitative estimate of drug-likeness (QED) is 0.348. The molecule has 0 atom stereocenters. The van der Waals surface area contributed by atoms with Crippen LogP contribution in [0.3, 0.4) is 0 Å². The van der Waals surface area contributed by atoms with Crippen LogP contribution >= 0.6 is 0 Å². The molecule has 0 aromatic heterocycles. The summed E-state index contributed by atoms with van der Waals surface area (Å²) in [5.74, 6) is 0. The van der Waals surface area contributed by atoms with Crippen molar-refractivity contribution in [3.05, 3.63) is 25.3 Å². The second-order valence-electron chi connectivity index (χ2n) is 5.45. The molecule has 0 rings (SSSR count). The lowest BCUT2D eigenvalue weighted by molar-refractivity contribution is 0.539. The average Bonchev–Trinajstić information content (AvgIpc) is 2.12. The van der Waals surface area contributed by atoms with Gasteiger partial charge in [-0.2, -0.15) is 10.2 Å². The molecule has 16 heavy (non-hydrogen) atoms. The maximum absolute atomic E-state index is 4.09. The van der Waals surface area contributed by atoms with Gasteiger partial charge in [0.25, 0.3) is 0 Å². The van der Waals surface area contributed by atoms with Gasteiger partial charge in [-0.05, 0) is 12.8 Å². The van der Waals surface area contributed by atoms with E-state index in [4.69, 9.17) is 0 Å². The van der Waals surface area contributed by atoms with Crippen molar-refractivity contribution in [3.8, 4) is 0 Å². The van der Waals surface area contributed by atoms with Crippen LogP contribution in [0.2, 0.25) is 0 Å². The molecule has 0 aliphatic rings. The highest BCUT2D eigenvalue weighted by molar-refractivity contribution is 5.68. The van der Waals surface area contributed by atoms with Crippen molar-refractivity contribution >= 4 is 12.4 Å². The minimum atomic E-state index is 0.0294. The van der Waals surface area contributed by atoms with E-state index >= 15 is 0 Å². The lowest BCUT2D eigenvalue weighted by Crippen LogP contribution is -2.12. The summed E-state index contributed by atoms with van der Waals surface area (Å²) in [4.78, 5) is 0. The minimum absolute atomic E-state index is 0.0294. The first-order valence-electron chi connectivity index (χ1n) is 5.63. The van der Waals surface area contributed by atoms with E-state index < -0.39 is 0 Å². The summed E-state index contributed by atoms with van der Waals surface area (Å²) in [7, 11) is 0. The molecule has 0 fully saturated rings. The Morgan fingerprint density at radius 3 is 1.38 bits per heavy atom. The molecule has 2 heteroatoms. The van der Waals surface area contributed by atoms with Crippen LogP contribution in [-0.2, 0) is 0 Å². The molecule has 0 aromatic carbocycles. The second kappa shape index (κ2) is 6.41. The molecule has 0 unspecified atom stereocenters. The SMILES string of the molecule is C=CCC(C)(C)C=NN=CC(C)(C)CC=C. The van der Waals surface area contributed by atoms with Gasteiger partial charge in [0.1, 0.15) is 0 Å². The third-order valence-corrected chi connectivity index (χ3v) is 2.22. The van der Waals surface area contributed by atoms with Crippen LogP contribution in [0.25, 0.3) is 0 Å². The Morgan fingerprint density at radius 2 is 1.12 bits per heavy atom. The van der Waals surface area contributed by atoms with E-state index in [1.54, 1.807) is 0 Å². The molecular formula is C14H24N2. The summed E-state index contributed by atoms with van der Waals surface area (Å²) in [6.45, 7) is 15.9. The Bertz CT molecular complexity index is 253. The molecule has 0 spiro atoms. The van der Waals surface area contributed by atoms with Crippen molar-refractivity contribution in [2.24, 2.45) is 21.0 Å². The molecule has 0 amide bonds. The van der Waals surface area contributed by atoms with E-state index in [0.29, 0.717) is 0 Å². The minimum Gasteiger partial charge on any atom is -0.163 e. The van der Waals surface area contributed by atoms with Gasteiger partial charge in [-0.15, -0.1) is 13.2 Å². The van der Waals surface area contributed by atoms with Crippen molar-refractivity contribution < 1.29 is 0 Å². The highest BCUT2D eigenvalue weighted by atomic mass is 15.2. The van der Waals surface area contributed by atoms with E-state index in [9.17, 15) is 0 Å². The molecule has 0 aromatic rings. The molecule has 0 bridgehead atoms. The molecule has 0 saturated carbocycles. The van der Waals surface area contributed by atoms with Crippen LogP contribution in [0, 0.1) is 10.8 Å². The molecule has 2 nitrogen and oxygen atoms in total. The predicted octanol–water partition coefficient (Wildman–Crippen LogP) is 4.25. The number of hydrogen-bond donors (Lipinski definition) is 0. The van der Waals surface area contributed by atoms with Crippen molar-refractivity contribution in [2.45, 2.75) is 40.5 Å². The Hall–Kier alpha value is -1.18. The normalized spacial score (nSPS) is 13.5. The van der Waals surface area contributed by atoms with Crippen molar-refractivity contribution in [3.63, 3.8) is 0 Å². The largest absolute Gasteiger partial charge is 0.163 e. The van der Waals surface area contributed by atoms with Gasteiger partial charge in [0.15, 0.2) is 0 Å². The Morgan fingerprint density at radius 1 is 0.812 bits per heavy atom. The molecule has 0 saturated heterocycles. The van der Waals surface area contributed by atoms with E-state index in [-0.39, 0.29) is 10.8 Å². The Labute approximate surface area is 99.9 Å². The number of hydrogen-bond acceptors (Lipinski definition) is 2. The molecule has 0 aliphatic carbocycles. The van der Waals surface area contributed by atoms with Gasteiger partial charge in [0.2, 0.25) is 0 Å². The summed E-state index contributed by atoms with van der Waals surface area (Å²) in [5, 5.41) is 8.18. The molecule has 0 radical (unpaired) electrons. The van der Waals surface area contributed by atoms with E-state index in [0.717, 1.165) is 12.8 Å². The molecule has 0 N–H and O–H groups in total. The van der Waals surface area contributed by atoms with Crippen LogP contribution in [0.4, 0.5) is 0 Å². The predicted molar refractivity (Wildman–Crippen MR) is 74.2 cm³/mol. The summed E-state index contributed by atoms with van der Waals surface area (Å²) in [6, 6.07) is 0. The first-order valence-corrected chi connectivity index (χ1v) is 5.63. The van der Waals surface area contributed by atoms with Gasteiger partial charge >= 0.3 is 0 Å². The van der Waals surface area contributed by atoms with Crippen LogP contribution in [0.5, 0.6) is 0 Å². The lowest BCUT2D eigenvalue weighted by atomic mass is 9.91. The van der Waals surface area contributed by atoms with Crippen molar-refractivity contribution in [1.29, 1.82) is 0 Å². The summed E-state index contributed by atoms with van der Waals surface area (Å²) in [6.07, 6.45) is 9.35. The highest BCUT2D eigenvalue weighted by Crippen LogP contribution is 2.19.